The van der Waals surface area contributed by atoms with E-state index < -0.39 is 0 Å². The molecule has 1 saturated heterocycles. The van der Waals surface area contributed by atoms with E-state index in [2.05, 4.69) is 39.4 Å². The van der Waals surface area contributed by atoms with Crippen molar-refractivity contribution in [3.05, 3.63) is 42.0 Å². The fraction of sp³-hybridized carbons (Fsp3) is 0.529. The van der Waals surface area contributed by atoms with Gasteiger partial charge in [0.05, 0.1) is 17.6 Å². The van der Waals surface area contributed by atoms with Crippen LogP contribution in [0.3, 0.4) is 0 Å². The minimum atomic E-state index is 0.473. The van der Waals surface area contributed by atoms with Gasteiger partial charge in [-0.15, -0.1) is 0 Å². The Kier molecular flexibility index (Phi) is 3.58. The van der Waals surface area contributed by atoms with E-state index in [4.69, 9.17) is 4.52 Å². The van der Waals surface area contributed by atoms with Gasteiger partial charge in [-0.3, -0.25) is 4.98 Å². The van der Waals surface area contributed by atoms with Crippen molar-refractivity contribution in [1.29, 1.82) is 0 Å². The minimum Gasteiger partial charge on any atom is -0.368 e. The lowest BCUT2D eigenvalue weighted by molar-refractivity contribution is 0.371. The van der Waals surface area contributed by atoms with Crippen LogP contribution in [0.4, 0.5) is 5.69 Å². The molecule has 3 heterocycles. The van der Waals surface area contributed by atoms with Gasteiger partial charge in [0.15, 0.2) is 0 Å². The summed E-state index contributed by atoms with van der Waals surface area (Å²) in [6.07, 6.45) is 6.26. The smallest absolute Gasteiger partial charge is 0.140 e. The van der Waals surface area contributed by atoms with Gasteiger partial charge in [-0.25, -0.2) is 0 Å². The van der Waals surface area contributed by atoms with Crippen LogP contribution >= 0.6 is 0 Å². The maximum absolute atomic E-state index is 5.41. The molecule has 2 atom stereocenters. The van der Waals surface area contributed by atoms with Crippen LogP contribution in [0.15, 0.2) is 35.1 Å². The maximum atomic E-state index is 5.41. The van der Waals surface area contributed by atoms with E-state index in [1.165, 1.54) is 18.5 Å². The third kappa shape index (κ3) is 2.86. The highest BCUT2D eigenvalue weighted by molar-refractivity contribution is 5.45. The molecule has 1 N–H and O–H groups in total. The molecule has 0 amide bonds. The standard InChI is InChI=1S/C17H22N4O/c1-12-10-21(15-3-2-6-18-9-15)11-16(12)19-8-14-7-17(22-20-14)13-4-5-13/h2-3,6-7,9,12-13,16,19H,4-5,8,10-11H2,1H3/t12-,16-/m1/s1. The summed E-state index contributed by atoms with van der Waals surface area (Å²) in [5.41, 5.74) is 2.23. The van der Waals surface area contributed by atoms with Crippen LogP contribution in [-0.4, -0.2) is 29.3 Å². The molecule has 22 heavy (non-hydrogen) atoms. The number of pyridine rings is 1. The van der Waals surface area contributed by atoms with Crippen LogP contribution in [0.2, 0.25) is 0 Å². The van der Waals surface area contributed by atoms with E-state index in [-0.39, 0.29) is 0 Å². The first-order valence-corrected chi connectivity index (χ1v) is 8.13. The lowest BCUT2D eigenvalue weighted by Gasteiger charge is -2.18. The molecule has 1 saturated carbocycles. The second kappa shape index (κ2) is 5.72. The Hall–Kier alpha value is -1.88. The second-order valence-electron chi connectivity index (χ2n) is 6.58. The SMILES string of the molecule is C[C@@H]1CN(c2cccnc2)C[C@H]1NCc1cc(C2CC2)on1. The predicted octanol–water partition coefficient (Wildman–Crippen LogP) is 2.56. The summed E-state index contributed by atoms with van der Waals surface area (Å²) in [6.45, 7) is 5.16. The topological polar surface area (TPSA) is 54.2 Å². The van der Waals surface area contributed by atoms with Crippen LogP contribution < -0.4 is 10.2 Å². The highest BCUT2D eigenvalue weighted by atomic mass is 16.5. The summed E-state index contributed by atoms with van der Waals surface area (Å²) < 4.78 is 5.41. The van der Waals surface area contributed by atoms with Crippen LogP contribution in [0, 0.1) is 5.92 Å². The van der Waals surface area contributed by atoms with E-state index >= 15 is 0 Å². The molecule has 0 bridgehead atoms. The lowest BCUT2D eigenvalue weighted by atomic mass is 10.1. The van der Waals surface area contributed by atoms with Crippen molar-refractivity contribution in [2.45, 2.75) is 38.3 Å². The summed E-state index contributed by atoms with van der Waals surface area (Å²) in [7, 11) is 0. The van der Waals surface area contributed by atoms with Gasteiger partial charge >= 0.3 is 0 Å². The van der Waals surface area contributed by atoms with Gasteiger partial charge in [0, 0.05) is 43.9 Å². The van der Waals surface area contributed by atoms with Gasteiger partial charge in [-0.05, 0) is 30.9 Å². The zero-order chi connectivity index (χ0) is 14.9. The highest BCUT2D eigenvalue weighted by Crippen LogP contribution is 2.40. The van der Waals surface area contributed by atoms with E-state index in [9.17, 15) is 0 Å². The van der Waals surface area contributed by atoms with Gasteiger partial charge in [0.1, 0.15) is 5.76 Å². The van der Waals surface area contributed by atoms with Crippen molar-refractivity contribution in [3.8, 4) is 0 Å². The van der Waals surface area contributed by atoms with Crippen LogP contribution in [0.1, 0.15) is 37.1 Å². The van der Waals surface area contributed by atoms with Gasteiger partial charge in [0.25, 0.3) is 0 Å². The molecule has 2 fully saturated rings. The third-order valence-corrected chi connectivity index (χ3v) is 4.73. The monoisotopic (exact) mass is 298 g/mol. The molecule has 2 aromatic rings. The Bertz CT molecular complexity index is 623. The number of rotatable bonds is 5. The summed E-state index contributed by atoms with van der Waals surface area (Å²) >= 11 is 0. The van der Waals surface area contributed by atoms with Gasteiger partial charge in [-0.2, -0.15) is 0 Å². The van der Waals surface area contributed by atoms with Crippen molar-refractivity contribution in [1.82, 2.24) is 15.5 Å². The van der Waals surface area contributed by atoms with Crippen LogP contribution in [0.25, 0.3) is 0 Å². The van der Waals surface area contributed by atoms with Crippen LogP contribution in [-0.2, 0) is 6.54 Å². The Balaban J connectivity index is 1.34. The number of nitrogens with zero attached hydrogens (tertiary/aromatic N) is 3. The molecular weight excluding hydrogens is 276 g/mol. The molecule has 1 aliphatic heterocycles. The second-order valence-corrected chi connectivity index (χ2v) is 6.58. The zero-order valence-corrected chi connectivity index (χ0v) is 12.9. The summed E-state index contributed by atoms with van der Waals surface area (Å²) in [4.78, 5) is 6.61. The van der Waals surface area contributed by atoms with Crippen molar-refractivity contribution in [2.75, 3.05) is 18.0 Å². The predicted molar refractivity (Wildman–Crippen MR) is 84.7 cm³/mol. The average molecular weight is 298 g/mol. The van der Waals surface area contributed by atoms with Crippen LogP contribution in [0.5, 0.6) is 0 Å². The van der Waals surface area contributed by atoms with Crippen molar-refractivity contribution >= 4 is 5.69 Å². The maximum Gasteiger partial charge on any atom is 0.140 e. The highest BCUT2D eigenvalue weighted by Gasteiger charge is 2.30. The van der Waals surface area contributed by atoms with Gasteiger partial charge in [0.2, 0.25) is 0 Å². The van der Waals surface area contributed by atoms with Gasteiger partial charge < -0.3 is 14.7 Å². The fourth-order valence-electron chi connectivity index (χ4n) is 3.19. The van der Waals surface area contributed by atoms with E-state index in [0.717, 1.165) is 31.1 Å². The largest absolute Gasteiger partial charge is 0.368 e. The molecule has 0 radical (unpaired) electrons. The molecule has 5 heteroatoms. The first-order valence-electron chi connectivity index (χ1n) is 8.13. The Morgan fingerprint density at radius 2 is 2.27 bits per heavy atom. The molecular formula is C17H22N4O. The Morgan fingerprint density at radius 3 is 3.05 bits per heavy atom. The molecule has 116 valence electrons. The molecule has 2 aliphatic rings. The quantitative estimate of drug-likeness (QED) is 0.919. The minimum absolute atomic E-state index is 0.473. The van der Waals surface area contributed by atoms with E-state index in [0.29, 0.717) is 17.9 Å². The average Bonchev–Trinajstić information content (AvgIpc) is 3.17. The van der Waals surface area contributed by atoms with Crippen molar-refractivity contribution in [2.24, 2.45) is 5.92 Å². The number of anilines is 1. The summed E-state index contributed by atoms with van der Waals surface area (Å²) in [5, 5.41) is 7.82. The number of aromatic nitrogens is 2. The number of hydrogen-bond acceptors (Lipinski definition) is 5. The molecule has 0 aromatic carbocycles. The molecule has 1 aliphatic carbocycles. The Morgan fingerprint density at radius 1 is 1.36 bits per heavy atom. The molecule has 0 unspecified atom stereocenters. The van der Waals surface area contributed by atoms with Crippen molar-refractivity contribution < 1.29 is 4.52 Å². The Labute approximate surface area is 130 Å². The third-order valence-electron chi connectivity index (χ3n) is 4.73. The van der Waals surface area contributed by atoms with E-state index in [1.54, 1.807) is 0 Å². The molecule has 5 nitrogen and oxygen atoms in total. The molecule has 4 rings (SSSR count). The van der Waals surface area contributed by atoms with Crippen molar-refractivity contribution in [3.63, 3.8) is 0 Å². The van der Waals surface area contributed by atoms with Gasteiger partial charge in [-0.1, -0.05) is 12.1 Å². The lowest BCUT2D eigenvalue weighted by Crippen LogP contribution is -2.35. The normalized spacial score (nSPS) is 24.9. The number of nitrogens with one attached hydrogen (secondary N) is 1. The summed E-state index contributed by atoms with van der Waals surface area (Å²) in [5.74, 6) is 2.30. The first kappa shape index (κ1) is 13.8. The number of hydrogen-bond donors (Lipinski definition) is 1. The fourth-order valence-corrected chi connectivity index (χ4v) is 3.19. The zero-order valence-electron chi connectivity index (χ0n) is 12.9. The summed E-state index contributed by atoms with van der Waals surface area (Å²) in [6, 6.07) is 6.71. The molecule has 0 spiro atoms. The molecule has 2 aromatic heterocycles. The van der Waals surface area contributed by atoms with E-state index in [1.807, 2.05) is 18.5 Å². The first-order chi connectivity index (χ1) is 10.8.